The summed E-state index contributed by atoms with van der Waals surface area (Å²) >= 11 is 5.95. The fourth-order valence-electron chi connectivity index (χ4n) is 2.00. The van der Waals surface area contributed by atoms with Gasteiger partial charge >= 0.3 is 0 Å². The van der Waals surface area contributed by atoms with Gasteiger partial charge < -0.3 is 9.88 Å². The van der Waals surface area contributed by atoms with Gasteiger partial charge in [-0.2, -0.15) is 5.10 Å². The van der Waals surface area contributed by atoms with Crippen LogP contribution in [0.3, 0.4) is 0 Å². The topological polar surface area (TPSA) is 79.8 Å². The van der Waals surface area contributed by atoms with Gasteiger partial charge in [-0.05, 0) is 26.3 Å². The Balaban J connectivity index is 1.87. The van der Waals surface area contributed by atoms with Gasteiger partial charge in [0.1, 0.15) is 0 Å². The van der Waals surface area contributed by atoms with Crippen molar-refractivity contribution in [2.24, 2.45) is 0 Å². The van der Waals surface area contributed by atoms with Crippen molar-refractivity contribution in [3.05, 3.63) is 50.7 Å². The molecule has 2 aromatic rings. The van der Waals surface area contributed by atoms with E-state index >= 15 is 0 Å². The second kappa shape index (κ2) is 6.58. The molecule has 0 bridgehead atoms. The number of H-pyrrole nitrogens is 1. The maximum atomic E-state index is 11.9. The van der Waals surface area contributed by atoms with E-state index in [1.807, 2.05) is 13.0 Å². The van der Waals surface area contributed by atoms with Crippen molar-refractivity contribution >= 4 is 17.5 Å². The highest BCUT2D eigenvalue weighted by Crippen LogP contribution is 2.16. The van der Waals surface area contributed by atoms with E-state index in [9.17, 15) is 9.59 Å². The van der Waals surface area contributed by atoms with Crippen molar-refractivity contribution in [2.45, 2.75) is 26.8 Å². The Morgan fingerprint density at radius 2 is 2.19 bits per heavy atom. The van der Waals surface area contributed by atoms with Crippen LogP contribution in [0.15, 0.2) is 23.0 Å². The first-order valence-corrected chi connectivity index (χ1v) is 7.03. The first kappa shape index (κ1) is 15.3. The smallest absolute Gasteiger partial charge is 0.273 e. The molecule has 7 heteroatoms. The van der Waals surface area contributed by atoms with E-state index in [0.717, 1.165) is 5.69 Å². The molecule has 112 valence electrons. The monoisotopic (exact) mass is 308 g/mol. The lowest BCUT2D eigenvalue weighted by Crippen LogP contribution is -2.28. The summed E-state index contributed by atoms with van der Waals surface area (Å²) in [6.07, 6.45) is 0.650. The normalized spacial score (nSPS) is 10.6. The molecule has 21 heavy (non-hydrogen) atoms. The number of amides is 1. The van der Waals surface area contributed by atoms with Crippen LogP contribution < -0.4 is 10.9 Å². The van der Waals surface area contributed by atoms with Gasteiger partial charge in [-0.3, -0.25) is 14.7 Å². The molecule has 0 saturated heterocycles. The SMILES string of the molecule is Cc1[nH]nc(C(=O)NCCCn2c(C)cccc2=O)c1Cl. The van der Waals surface area contributed by atoms with Crippen LogP contribution in [0, 0.1) is 13.8 Å². The Kier molecular flexibility index (Phi) is 4.80. The molecule has 0 spiro atoms. The zero-order valence-corrected chi connectivity index (χ0v) is 12.7. The molecule has 0 unspecified atom stereocenters. The van der Waals surface area contributed by atoms with Crippen molar-refractivity contribution < 1.29 is 4.79 Å². The molecule has 0 aliphatic rings. The predicted molar refractivity (Wildman–Crippen MR) is 80.7 cm³/mol. The number of aromatic nitrogens is 3. The maximum Gasteiger partial charge on any atom is 0.273 e. The molecule has 0 aliphatic carbocycles. The molecule has 0 saturated carbocycles. The van der Waals surface area contributed by atoms with Crippen LogP contribution in [0.4, 0.5) is 0 Å². The number of carbonyl (C=O) groups excluding carboxylic acids is 1. The Hall–Kier alpha value is -2.08. The Morgan fingerprint density at radius 1 is 1.43 bits per heavy atom. The van der Waals surface area contributed by atoms with E-state index in [4.69, 9.17) is 11.6 Å². The third-order valence-corrected chi connectivity index (χ3v) is 3.66. The van der Waals surface area contributed by atoms with Crippen molar-refractivity contribution in [1.29, 1.82) is 0 Å². The van der Waals surface area contributed by atoms with Gasteiger partial charge in [-0.15, -0.1) is 0 Å². The fourth-order valence-corrected chi connectivity index (χ4v) is 2.17. The first-order valence-electron chi connectivity index (χ1n) is 6.66. The molecular formula is C14H17ClN4O2. The lowest BCUT2D eigenvalue weighted by molar-refractivity contribution is 0.0948. The maximum absolute atomic E-state index is 11.9. The van der Waals surface area contributed by atoms with Gasteiger partial charge in [0.25, 0.3) is 11.5 Å². The summed E-state index contributed by atoms with van der Waals surface area (Å²) in [6, 6.07) is 5.14. The molecule has 0 aromatic carbocycles. The van der Waals surface area contributed by atoms with Crippen molar-refractivity contribution in [3.8, 4) is 0 Å². The van der Waals surface area contributed by atoms with E-state index in [2.05, 4.69) is 15.5 Å². The van der Waals surface area contributed by atoms with E-state index < -0.39 is 0 Å². The molecule has 6 nitrogen and oxygen atoms in total. The second-order valence-corrected chi connectivity index (χ2v) is 5.16. The highest BCUT2D eigenvalue weighted by Gasteiger charge is 2.15. The minimum Gasteiger partial charge on any atom is -0.351 e. The number of nitrogens with one attached hydrogen (secondary N) is 2. The number of rotatable bonds is 5. The fraction of sp³-hybridized carbons (Fsp3) is 0.357. The standard InChI is InChI=1S/C14H17ClN4O2/c1-9-5-3-6-11(20)19(9)8-4-7-16-14(21)13-12(15)10(2)17-18-13/h3,5-6H,4,7-8H2,1-2H3,(H,16,21)(H,17,18). The largest absolute Gasteiger partial charge is 0.351 e. The minimum absolute atomic E-state index is 0.0349. The summed E-state index contributed by atoms with van der Waals surface area (Å²) in [5.74, 6) is -0.318. The lowest BCUT2D eigenvalue weighted by atomic mass is 10.3. The van der Waals surface area contributed by atoms with Crippen LogP contribution in [-0.4, -0.2) is 27.2 Å². The number of hydrogen-bond donors (Lipinski definition) is 2. The quantitative estimate of drug-likeness (QED) is 0.824. The van der Waals surface area contributed by atoms with Crippen molar-refractivity contribution in [2.75, 3.05) is 6.54 Å². The van der Waals surface area contributed by atoms with Crippen LogP contribution in [0.2, 0.25) is 5.02 Å². The highest BCUT2D eigenvalue weighted by molar-refractivity contribution is 6.34. The van der Waals surface area contributed by atoms with Gasteiger partial charge in [0.15, 0.2) is 5.69 Å². The number of aryl methyl sites for hydroxylation is 2. The van der Waals surface area contributed by atoms with Crippen molar-refractivity contribution in [3.63, 3.8) is 0 Å². The number of nitrogens with zero attached hydrogens (tertiary/aromatic N) is 2. The molecule has 2 heterocycles. The molecule has 2 aromatic heterocycles. The van der Waals surface area contributed by atoms with Gasteiger partial charge in [-0.1, -0.05) is 17.7 Å². The molecule has 2 N–H and O–H groups in total. The highest BCUT2D eigenvalue weighted by atomic mass is 35.5. The van der Waals surface area contributed by atoms with Crippen LogP contribution in [0.5, 0.6) is 0 Å². The number of pyridine rings is 1. The van der Waals surface area contributed by atoms with Crippen molar-refractivity contribution in [1.82, 2.24) is 20.1 Å². The van der Waals surface area contributed by atoms with Gasteiger partial charge in [-0.25, -0.2) is 0 Å². The predicted octanol–water partition coefficient (Wildman–Crippen LogP) is 1.66. The van der Waals surface area contributed by atoms with E-state index in [1.165, 1.54) is 6.07 Å². The third-order valence-electron chi connectivity index (χ3n) is 3.20. The van der Waals surface area contributed by atoms with Gasteiger partial charge in [0.05, 0.1) is 10.7 Å². The average Bonchev–Trinajstić information content (AvgIpc) is 2.77. The number of aromatic amines is 1. The zero-order chi connectivity index (χ0) is 15.4. The lowest BCUT2D eigenvalue weighted by Gasteiger charge is -2.09. The Labute approximate surface area is 127 Å². The summed E-state index contributed by atoms with van der Waals surface area (Å²) < 4.78 is 1.68. The van der Waals surface area contributed by atoms with Gasteiger partial charge in [0.2, 0.25) is 0 Å². The molecule has 0 aliphatic heterocycles. The third kappa shape index (κ3) is 3.52. The average molecular weight is 309 g/mol. The number of halogens is 1. The van der Waals surface area contributed by atoms with Crippen LogP contribution in [0.25, 0.3) is 0 Å². The Morgan fingerprint density at radius 3 is 2.81 bits per heavy atom. The van der Waals surface area contributed by atoms with Crippen LogP contribution in [0.1, 0.15) is 28.3 Å². The number of hydrogen-bond acceptors (Lipinski definition) is 3. The van der Waals surface area contributed by atoms with Crippen LogP contribution >= 0.6 is 11.6 Å². The molecule has 0 radical (unpaired) electrons. The summed E-state index contributed by atoms with van der Waals surface area (Å²) in [5, 5.41) is 9.59. The first-order chi connectivity index (χ1) is 10.0. The van der Waals surface area contributed by atoms with E-state index in [0.29, 0.717) is 30.2 Å². The summed E-state index contributed by atoms with van der Waals surface area (Å²) in [7, 11) is 0. The molecule has 2 rings (SSSR count). The summed E-state index contributed by atoms with van der Waals surface area (Å²) in [6.45, 7) is 4.63. The molecule has 1 amide bonds. The number of carbonyl (C=O) groups is 1. The minimum atomic E-state index is -0.318. The van der Waals surface area contributed by atoms with Gasteiger partial charge in [0, 0.05) is 24.8 Å². The molecular weight excluding hydrogens is 292 g/mol. The van der Waals surface area contributed by atoms with Crippen LogP contribution in [-0.2, 0) is 6.54 Å². The summed E-state index contributed by atoms with van der Waals surface area (Å²) in [5.41, 5.74) is 1.72. The van der Waals surface area contributed by atoms with E-state index in [-0.39, 0.29) is 17.2 Å². The molecule has 0 fully saturated rings. The zero-order valence-electron chi connectivity index (χ0n) is 11.9. The Bertz CT molecular complexity index is 705. The molecule has 0 atom stereocenters. The second-order valence-electron chi connectivity index (χ2n) is 4.78. The van der Waals surface area contributed by atoms with E-state index in [1.54, 1.807) is 17.6 Å². The summed E-state index contributed by atoms with van der Waals surface area (Å²) in [4.78, 5) is 23.6.